The Labute approximate surface area is 182 Å². The second-order valence-electron chi connectivity index (χ2n) is 9.37. The highest BCUT2D eigenvalue weighted by Gasteiger charge is 2.15. The zero-order valence-corrected chi connectivity index (χ0v) is 18.2. The van der Waals surface area contributed by atoms with Crippen LogP contribution in [0.2, 0.25) is 0 Å². The number of carbonyl (C=O) groups excluding carboxylic acids is 1. The van der Waals surface area contributed by atoms with E-state index in [1.807, 2.05) is 12.1 Å². The van der Waals surface area contributed by atoms with Gasteiger partial charge in [-0.1, -0.05) is 99.6 Å². The number of ether oxygens (including phenoxy) is 1. The number of hydrogen-bond acceptors (Lipinski definition) is 2. The molecule has 2 heteroatoms. The van der Waals surface area contributed by atoms with Gasteiger partial charge in [-0.25, -0.2) is 0 Å². The second kappa shape index (κ2) is 7.39. The number of rotatable bonds is 4. The lowest BCUT2D eigenvalue weighted by atomic mass is 9.87. The molecule has 0 aliphatic heterocycles. The summed E-state index contributed by atoms with van der Waals surface area (Å²) in [5.74, 6) is -0.199. The van der Waals surface area contributed by atoms with Crippen molar-refractivity contribution in [2.75, 3.05) is 0 Å². The third kappa shape index (κ3) is 3.63. The summed E-state index contributed by atoms with van der Waals surface area (Å²) in [4.78, 5) is 12.6. The maximum atomic E-state index is 12.6. The monoisotopic (exact) mass is 406 g/mol. The summed E-state index contributed by atoms with van der Waals surface area (Å²) in [6.07, 6.45) is 0.272. The van der Waals surface area contributed by atoms with Gasteiger partial charge in [0.05, 0.1) is 6.42 Å². The number of hydrogen-bond donors (Lipinski definition) is 0. The summed E-state index contributed by atoms with van der Waals surface area (Å²) in [6, 6.07) is 27.5. The summed E-state index contributed by atoms with van der Waals surface area (Å²) < 4.78 is 5.61. The molecule has 0 N–H and O–H groups in total. The van der Waals surface area contributed by atoms with Crippen LogP contribution in [0, 0.1) is 0 Å². The van der Waals surface area contributed by atoms with Crippen LogP contribution in [0.1, 0.15) is 37.5 Å². The van der Waals surface area contributed by atoms with Crippen LogP contribution in [0.5, 0.6) is 0 Å². The van der Waals surface area contributed by atoms with Crippen LogP contribution >= 0.6 is 0 Å². The van der Waals surface area contributed by atoms with Gasteiger partial charge in [0.1, 0.15) is 6.61 Å². The van der Waals surface area contributed by atoms with Gasteiger partial charge >= 0.3 is 5.97 Å². The van der Waals surface area contributed by atoms with Gasteiger partial charge in [0.2, 0.25) is 0 Å². The lowest BCUT2D eigenvalue weighted by Crippen LogP contribution is -2.11. The molecule has 154 valence electrons. The van der Waals surface area contributed by atoms with Crippen molar-refractivity contribution in [3.05, 3.63) is 95.6 Å². The highest BCUT2D eigenvalue weighted by molar-refractivity contribution is 6.23. The van der Waals surface area contributed by atoms with E-state index in [9.17, 15) is 4.79 Å². The van der Waals surface area contributed by atoms with Crippen LogP contribution in [-0.4, -0.2) is 5.97 Å². The van der Waals surface area contributed by atoms with Gasteiger partial charge in [0, 0.05) is 0 Å². The Kier molecular flexibility index (Phi) is 4.66. The molecule has 5 rings (SSSR count). The van der Waals surface area contributed by atoms with Crippen LogP contribution in [0.3, 0.4) is 0 Å². The summed E-state index contributed by atoms with van der Waals surface area (Å²) in [7, 11) is 0. The van der Waals surface area contributed by atoms with Gasteiger partial charge in [0.25, 0.3) is 0 Å². The van der Waals surface area contributed by atoms with E-state index in [0.717, 1.165) is 16.5 Å². The van der Waals surface area contributed by atoms with Gasteiger partial charge in [-0.15, -0.1) is 0 Å². The van der Waals surface area contributed by atoms with Crippen molar-refractivity contribution in [1.82, 2.24) is 0 Å². The molecule has 2 nitrogen and oxygen atoms in total. The molecular formula is C29H26O2. The van der Waals surface area contributed by atoms with Crippen molar-refractivity contribution in [2.45, 2.75) is 39.2 Å². The fraction of sp³-hybridized carbons (Fsp3) is 0.207. The lowest BCUT2D eigenvalue weighted by molar-refractivity contribution is -0.144. The maximum Gasteiger partial charge on any atom is 0.310 e. The molecule has 0 heterocycles. The van der Waals surface area contributed by atoms with Gasteiger partial charge in [-0.05, 0) is 54.4 Å². The normalized spacial score (nSPS) is 12.1. The average Bonchev–Trinajstić information content (AvgIpc) is 2.77. The molecule has 5 aromatic carbocycles. The smallest absolute Gasteiger partial charge is 0.310 e. The Bertz CT molecular complexity index is 1370. The Morgan fingerprint density at radius 3 is 2.03 bits per heavy atom. The van der Waals surface area contributed by atoms with E-state index in [1.54, 1.807) is 0 Å². The fourth-order valence-electron chi connectivity index (χ4n) is 4.42. The highest BCUT2D eigenvalue weighted by Crippen LogP contribution is 2.36. The minimum Gasteiger partial charge on any atom is -0.461 e. The van der Waals surface area contributed by atoms with Gasteiger partial charge < -0.3 is 4.74 Å². The Hall–Kier alpha value is -3.39. The van der Waals surface area contributed by atoms with E-state index in [-0.39, 0.29) is 17.8 Å². The van der Waals surface area contributed by atoms with Crippen molar-refractivity contribution in [1.29, 1.82) is 0 Å². The molecular weight excluding hydrogens is 380 g/mol. The van der Waals surface area contributed by atoms with E-state index in [1.165, 1.54) is 32.5 Å². The predicted octanol–water partition coefficient (Wildman–Crippen LogP) is 7.17. The largest absolute Gasteiger partial charge is 0.461 e. The summed E-state index contributed by atoms with van der Waals surface area (Å²) >= 11 is 0. The summed E-state index contributed by atoms with van der Waals surface area (Å²) in [5, 5.41) is 7.30. The van der Waals surface area contributed by atoms with E-state index in [0.29, 0.717) is 6.61 Å². The van der Waals surface area contributed by atoms with Crippen LogP contribution in [0.4, 0.5) is 0 Å². The Balaban J connectivity index is 1.38. The van der Waals surface area contributed by atoms with Gasteiger partial charge in [0.15, 0.2) is 0 Å². The molecule has 0 saturated heterocycles. The number of benzene rings is 5. The van der Waals surface area contributed by atoms with Crippen molar-refractivity contribution in [3.8, 4) is 0 Å². The van der Waals surface area contributed by atoms with Crippen molar-refractivity contribution < 1.29 is 9.53 Å². The van der Waals surface area contributed by atoms with Crippen molar-refractivity contribution in [2.24, 2.45) is 0 Å². The van der Waals surface area contributed by atoms with Crippen molar-refractivity contribution in [3.63, 3.8) is 0 Å². The quantitative estimate of drug-likeness (QED) is 0.234. The standard InChI is InChI=1S/C29H26O2/c1-29(2,3)24-14-7-19(8-15-24)18-31-26(30)17-23-12-11-22-10-9-20-5-4-6-21-13-16-25(23)28(22)27(20)21/h4-16H,17-18H2,1-3H3. The van der Waals surface area contributed by atoms with Crippen LogP contribution in [0.25, 0.3) is 32.3 Å². The topological polar surface area (TPSA) is 26.3 Å². The van der Waals surface area contributed by atoms with E-state index >= 15 is 0 Å². The average molecular weight is 407 g/mol. The minimum absolute atomic E-state index is 0.115. The van der Waals surface area contributed by atoms with E-state index in [2.05, 4.69) is 87.5 Å². The first kappa shape index (κ1) is 19.6. The maximum absolute atomic E-state index is 12.6. The molecule has 0 aliphatic rings. The SMILES string of the molecule is CC(C)(C)c1ccc(COC(=O)Cc2ccc3ccc4cccc5ccc2c3c45)cc1. The molecule has 0 unspecified atom stereocenters. The van der Waals surface area contributed by atoms with Gasteiger partial charge in [-0.2, -0.15) is 0 Å². The summed E-state index contributed by atoms with van der Waals surface area (Å²) in [6.45, 7) is 6.88. The summed E-state index contributed by atoms with van der Waals surface area (Å²) in [5.41, 5.74) is 3.41. The van der Waals surface area contributed by atoms with Gasteiger partial charge in [-0.3, -0.25) is 4.79 Å². The third-order valence-corrected chi connectivity index (χ3v) is 6.17. The molecule has 0 amide bonds. The first-order valence-electron chi connectivity index (χ1n) is 10.8. The zero-order valence-electron chi connectivity index (χ0n) is 18.2. The molecule has 0 aromatic heterocycles. The molecule has 0 aliphatic carbocycles. The lowest BCUT2D eigenvalue weighted by Gasteiger charge is -2.19. The molecule has 31 heavy (non-hydrogen) atoms. The molecule has 0 atom stereocenters. The van der Waals surface area contributed by atoms with E-state index in [4.69, 9.17) is 4.74 Å². The minimum atomic E-state index is -0.199. The number of esters is 1. The molecule has 0 fully saturated rings. The number of carbonyl (C=O) groups is 1. The molecule has 0 saturated carbocycles. The second-order valence-corrected chi connectivity index (χ2v) is 9.37. The Morgan fingerprint density at radius 2 is 1.35 bits per heavy atom. The Morgan fingerprint density at radius 1 is 0.742 bits per heavy atom. The highest BCUT2D eigenvalue weighted by atomic mass is 16.5. The van der Waals surface area contributed by atoms with Crippen molar-refractivity contribution >= 4 is 38.3 Å². The fourth-order valence-corrected chi connectivity index (χ4v) is 4.42. The molecule has 0 radical (unpaired) electrons. The van der Waals surface area contributed by atoms with Crippen LogP contribution < -0.4 is 0 Å². The molecule has 5 aromatic rings. The molecule has 0 spiro atoms. The van der Waals surface area contributed by atoms with Crippen LogP contribution in [0.15, 0.2) is 78.9 Å². The van der Waals surface area contributed by atoms with Crippen LogP contribution in [-0.2, 0) is 28.0 Å². The molecule has 0 bridgehead atoms. The third-order valence-electron chi connectivity index (χ3n) is 6.17. The first-order chi connectivity index (χ1) is 14.9. The zero-order chi connectivity index (χ0) is 21.6. The first-order valence-corrected chi connectivity index (χ1v) is 10.8. The predicted molar refractivity (Wildman–Crippen MR) is 129 cm³/mol. The van der Waals surface area contributed by atoms with E-state index < -0.39 is 0 Å².